The highest BCUT2D eigenvalue weighted by molar-refractivity contribution is 5.81. The number of fused-ring (bicyclic) bond motifs is 1. The van der Waals surface area contributed by atoms with E-state index in [1.165, 1.54) is 0 Å². The first-order chi connectivity index (χ1) is 12.6. The van der Waals surface area contributed by atoms with Gasteiger partial charge in [0.25, 0.3) is 0 Å². The van der Waals surface area contributed by atoms with Gasteiger partial charge in [-0.2, -0.15) is 0 Å². The molecule has 3 rings (SSSR count). The Hall–Kier alpha value is -2.66. The van der Waals surface area contributed by atoms with Crippen molar-refractivity contribution in [2.24, 2.45) is 0 Å². The molecule has 1 N–H and O–H groups in total. The number of rotatable bonds is 7. The van der Waals surface area contributed by atoms with Gasteiger partial charge in [0.05, 0.1) is 12.5 Å². The van der Waals surface area contributed by atoms with Gasteiger partial charge in [0, 0.05) is 26.1 Å². The topological polar surface area (TPSA) is 66.8 Å². The fourth-order valence-corrected chi connectivity index (χ4v) is 3.26. The molecule has 26 heavy (non-hydrogen) atoms. The Kier molecular flexibility index (Phi) is 6.02. The van der Waals surface area contributed by atoms with Gasteiger partial charge in [-0.25, -0.2) is 0 Å². The van der Waals surface area contributed by atoms with Gasteiger partial charge in [0.1, 0.15) is 0 Å². The first-order valence-electron chi connectivity index (χ1n) is 8.85. The number of carbonyl (C=O) groups is 2. The summed E-state index contributed by atoms with van der Waals surface area (Å²) >= 11 is 0. The van der Waals surface area contributed by atoms with Crippen LogP contribution in [0.1, 0.15) is 35.4 Å². The van der Waals surface area contributed by atoms with Gasteiger partial charge in [0.15, 0.2) is 0 Å². The molecule has 0 saturated heterocycles. The van der Waals surface area contributed by atoms with E-state index in [-0.39, 0.29) is 12.5 Å². The molecule has 1 amide bonds. The van der Waals surface area contributed by atoms with Crippen molar-refractivity contribution in [1.82, 2.24) is 4.90 Å². The van der Waals surface area contributed by atoms with Crippen LogP contribution in [-0.2, 0) is 27.5 Å². The highest BCUT2D eigenvalue weighted by atomic mass is 16.5. The second kappa shape index (κ2) is 8.63. The first-order valence-corrected chi connectivity index (χ1v) is 8.85. The van der Waals surface area contributed by atoms with E-state index < -0.39 is 11.9 Å². The minimum Gasteiger partial charge on any atom is -0.481 e. The molecule has 1 unspecified atom stereocenters. The third-order valence-electron chi connectivity index (χ3n) is 4.64. The number of nitrogens with zero attached hydrogens (tertiary/aromatic N) is 1. The lowest BCUT2D eigenvalue weighted by Gasteiger charge is -2.33. The van der Waals surface area contributed by atoms with Crippen LogP contribution in [-0.4, -0.2) is 35.0 Å². The molecule has 1 aliphatic heterocycles. The smallest absolute Gasteiger partial charge is 0.312 e. The molecule has 0 aromatic heterocycles. The summed E-state index contributed by atoms with van der Waals surface area (Å²) in [6.07, 6.45) is 0.991. The van der Waals surface area contributed by atoms with Crippen LogP contribution in [0.5, 0.6) is 0 Å². The van der Waals surface area contributed by atoms with Crippen LogP contribution >= 0.6 is 0 Å². The molecule has 0 bridgehead atoms. The summed E-state index contributed by atoms with van der Waals surface area (Å²) in [5, 5.41) is 9.48. The summed E-state index contributed by atoms with van der Waals surface area (Å²) in [5.41, 5.74) is 2.84. The Morgan fingerprint density at radius 3 is 2.58 bits per heavy atom. The number of carboxylic acids is 1. The number of amides is 1. The summed E-state index contributed by atoms with van der Waals surface area (Å²) in [5.74, 6) is -1.56. The van der Waals surface area contributed by atoms with Gasteiger partial charge in [-0.3, -0.25) is 9.59 Å². The number of carboxylic acid groups (broad SMARTS) is 1. The number of hydrogen-bond donors (Lipinski definition) is 1. The Labute approximate surface area is 153 Å². The number of ether oxygens (including phenoxy) is 1. The van der Waals surface area contributed by atoms with Crippen LogP contribution in [0.25, 0.3) is 0 Å². The molecule has 0 aliphatic carbocycles. The fraction of sp³-hybridized carbons (Fsp3) is 0.333. The largest absolute Gasteiger partial charge is 0.481 e. The van der Waals surface area contributed by atoms with Crippen molar-refractivity contribution < 1.29 is 19.4 Å². The van der Waals surface area contributed by atoms with Crippen molar-refractivity contribution in [2.75, 3.05) is 13.2 Å². The zero-order valence-corrected chi connectivity index (χ0v) is 14.6. The number of hydrogen-bond acceptors (Lipinski definition) is 3. The predicted octanol–water partition coefficient (Wildman–Crippen LogP) is 3.19. The zero-order chi connectivity index (χ0) is 18.4. The summed E-state index contributed by atoms with van der Waals surface area (Å²) in [6.45, 7) is 1.75. The molecule has 0 saturated carbocycles. The molecular weight excluding hydrogens is 330 g/mol. The maximum absolute atomic E-state index is 12.5. The molecule has 2 aromatic rings. The predicted molar refractivity (Wildman–Crippen MR) is 97.6 cm³/mol. The van der Waals surface area contributed by atoms with Gasteiger partial charge in [-0.1, -0.05) is 54.6 Å². The number of carbonyl (C=O) groups excluding carboxylic acids is 1. The standard InChI is InChI=1S/C21H23NO4/c23-20(11-6-12-26-15-16-7-2-1-3-8-16)22-13-17-9-4-5-10-18(17)19(14-22)21(24)25/h1-5,7-10,19H,6,11-15H2,(H,24,25). The van der Waals surface area contributed by atoms with E-state index >= 15 is 0 Å². The Morgan fingerprint density at radius 2 is 1.81 bits per heavy atom. The van der Waals surface area contributed by atoms with Crippen LogP contribution in [0.3, 0.4) is 0 Å². The molecule has 1 atom stereocenters. The molecule has 0 fully saturated rings. The van der Waals surface area contributed by atoms with E-state index in [9.17, 15) is 14.7 Å². The van der Waals surface area contributed by atoms with Crippen LogP contribution in [0, 0.1) is 0 Å². The van der Waals surface area contributed by atoms with Crippen LogP contribution in [0.2, 0.25) is 0 Å². The average molecular weight is 353 g/mol. The Morgan fingerprint density at radius 1 is 1.08 bits per heavy atom. The van der Waals surface area contributed by atoms with E-state index in [1.807, 2.05) is 54.6 Å². The van der Waals surface area contributed by atoms with Gasteiger partial charge in [0.2, 0.25) is 5.91 Å². The third-order valence-corrected chi connectivity index (χ3v) is 4.64. The van der Waals surface area contributed by atoms with Crippen LogP contribution < -0.4 is 0 Å². The fourth-order valence-electron chi connectivity index (χ4n) is 3.26. The van der Waals surface area contributed by atoms with Crippen molar-refractivity contribution in [3.8, 4) is 0 Å². The van der Waals surface area contributed by atoms with Crippen molar-refractivity contribution in [1.29, 1.82) is 0 Å². The third kappa shape index (κ3) is 4.49. The highest BCUT2D eigenvalue weighted by Gasteiger charge is 2.31. The molecule has 5 heteroatoms. The lowest BCUT2D eigenvalue weighted by molar-refractivity contribution is -0.141. The van der Waals surface area contributed by atoms with Gasteiger partial charge in [-0.15, -0.1) is 0 Å². The second-order valence-electron chi connectivity index (χ2n) is 6.51. The summed E-state index contributed by atoms with van der Waals surface area (Å²) in [4.78, 5) is 25.7. The van der Waals surface area contributed by atoms with Crippen LogP contribution in [0.15, 0.2) is 54.6 Å². The minimum atomic E-state index is -0.888. The molecule has 5 nitrogen and oxygen atoms in total. The second-order valence-corrected chi connectivity index (χ2v) is 6.51. The van der Waals surface area contributed by atoms with Crippen LogP contribution in [0.4, 0.5) is 0 Å². The highest BCUT2D eigenvalue weighted by Crippen LogP contribution is 2.28. The van der Waals surface area contributed by atoms with Gasteiger partial charge >= 0.3 is 5.97 Å². The molecule has 1 aliphatic rings. The van der Waals surface area contributed by atoms with Crippen molar-refractivity contribution in [3.63, 3.8) is 0 Å². The summed E-state index contributed by atoms with van der Waals surface area (Å²) in [6, 6.07) is 17.4. The van der Waals surface area contributed by atoms with E-state index in [2.05, 4.69) is 0 Å². The van der Waals surface area contributed by atoms with E-state index in [0.717, 1.165) is 16.7 Å². The SMILES string of the molecule is O=C(O)C1CN(C(=O)CCCOCc2ccccc2)Cc2ccccc21. The lowest BCUT2D eigenvalue weighted by atomic mass is 9.89. The summed E-state index contributed by atoms with van der Waals surface area (Å²) < 4.78 is 5.61. The molecule has 136 valence electrons. The number of benzene rings is 2. The minimum absolute atomic E-state index is 0.0194. The molecule has 2 aromatic carbocycles. The zero-order valence-electron chi connectivity index (χ0n) is 14.6. The van der Waals surface area contributed by atoms with Crippen molar-refractivity contribution in [3.05, 3.63) is 71.3 Å². The number of aliphatic carboxylic acids is 1. The monoisotopic (exact) mass is 353 g/mol. The van der Waals surface area contributed by atoms with E-state index in [1.54, 1.807) is 4.90 Å². The average Bonchev–Trinajstić information content (AvgIpc) is 2.67. The normalized spacial score (nSPS) is 16.2. The van der Waals surface area contributed by atoms with E-state index in [0.29, 0.717) is 32.6 Å². The Bertz CT molecular complexity index is 760. The first kappa shape index (κ1) is 18.1. The maximum atomic E-state index is 12.5. The quantitative estimate of drug-likeness (QED) is 0.776. The molecular formula is C21H23NO4. The molecule has 0 spiro atoms. The van der Waals surface area contributed by atoms with Crippen molar-refractivity contribution in [2.45, 2.75) is 31.9 Å². The lowest BCUT2D eigenvalue weighted by Crippen LogP contribution is -2.40. The Balaban J connectivity index is 1.48. The molecule has 0 radical (unpaired) electrons. The summed E-state index contributed by atoms with van der Waals surface area (Å²) in [7, 11) is 0. The maximum Gasteiger partial charge on any atom is 0.312 e. The molecule has 1 heterocycles. The van der Waals surface area contributed by atoms with E-state index in [4.69, 9.17) is 4.74 Å². The van der Waals surface area contributed by atoms with Gasteiger partial charge in [-0.05, 0) is 23.1 Å². The van der Waals surface area contributed by atoms with Gasteiger partial charge < -0.3 is 14.7 Å². The van der Waals surface area contributed by atoms with Crippen molar-refractivity contribution >= 4 is 11.9 Å².